The largest absolute Gasteiger partial charge is 0.448 e. The highest BCUT2D eigenvalue weighted by atomic mass is 16.5. The lowest BCUT2D eigenvalue weighted by atomic mass is 9.83. The smallest absolute Gasteiger partial charge is 0.359 e. The van der Waals surface area contributed by atoms with Crippen LogP contribution in [-0.4, -0.2) is 33.5 Å². The quantitative estimate of drug-likeness (QED) is 0.842. The number of rotatable bonds is 4. The molecule has 1 saturated carbocycles. The van der Waals surface area contributed by atoms with E-state index in [1.807, 2.05) is 0 Å². The lowest BCUT2D eigenvalue weighted by Crippen LogP contribution is -2.52. The Kier molecular flexibility index (Phi) is 5.04. The van der Waals surface area contributed by atoms with Crippen LogP contribution in [0.5, 0.6) is 0 Å². The first-order valence-electron chi connectivity index (χ1n) is 7.27. The zero-order valence-electron chi connectivity index (χ0n) is 12.4. The molecule has 1 atom stereocenters. The van der Waals surface area contributed by atoms with Crippen molar-refractivity contribution in [2.75, 3.05) is 0 Å². The predicted octanol–water partition coefficient (Wildman–Crippen LogP) is 1.36. The van der Waals surface area contributed by atoms with Crippen LogP contribution in [0.15, 0.2) is 18.6 Å². The minimum absolute atomic E-state index is 0.0369. The standard InChI is InChI=1S/C15H18N4O3/c1-11(22-14(21)12-9-17-7-8-18-12)13(20)19-15(10-16)5-3-2-4-6-15/h7-9,11H,2-6H2,1H3,(H,19,20)/t11-/m0/s1. The molecule has 22 heavy (non-hydrogen) atoms. The number of nitrogens with zero attached hydrogens (tertiary/aromatic N) is 3. The van der Waals surface area contributed by atoms with E-state index in [2.05, 4.69) is 21.4 Å². The summed E-state index contributed by atoms with van der Waals surface area (Å²) >= 11 is 0. The summed E-state index contributed by atoms with van der Waals surface area (Å²) in [5.74, 6) is -1.19. The van der Waals surface area contributed by atoms with Gasteiger partial charge in [0.25, 0.3) is 5.91 Å². The number of ether oxygens (including phenoxy) is 1. The highest BCUT2D eigenvalue weighted by Crippen LogP contribution is 2.27. The Labute approximate surface area is 128 Å². The molecule has 0 aliphatic heterocycles. The maximum atomic E-state index is 12.2. The first-order valence-corrected chi connectivity index (χ1v) is 7.27. The molecule has 0 radical (unpaired) electrons. The van der Waals surface area contributed by atoms with Crippen molar-refractivity contribution in [1.29, 1.82) is 5.26 Å². The van der Waals surface area contributed by atoms with E-state index in [1.54, 1.807) is 0 Å². The second-order valence-corrected chi connectivity index (χ2v) is 5.38. The van der Waals surface area contributed by atoms with E-state index in [9.17, 15) is 14.9 Å². The Morgan fingerprint density at radius 1 is 1.36 bits per heavy atom. The van der Waals surface area contributed by atoms with Crippen LogP contribution in [0, 0.1) is 11.3 Å². The fourth-order valence-corrected chi connectivity index (χ4v) is 2.44. The van der Waals surface area contributed by atoms with E-state index >= 15 is 0 Å². The van der Waals surface area contributed by atoms with E-state index in [-0.39, 0.29) is 5.69 Å². The van der Waals surface area contributed by atoms with Crippen molar-refractivity contribution in [3.8, 4) is 6.07 Å². The summed E-state index contributed by atoms with van der Waals surface area (Å²) in [5.41, 5.74) is -0.808. The van der Waals surface area contributed by atoms with Crippen molar-refractivity contribution in [1.82, 2.24) is 15.3 Å². The van der Waals surface area contributed by atoms with E-state index < -0.39 is 23.5 Å². The first kappa shape index (κ1) is 15.9. The van der Waals surface area contributed by atoms with E-state index in [0.29, 0.717) is 12.8 Å². The number of nitriles is 1. The summed E-state index contributed by atoms with van der Waals surface area (Å²) in [5, 5.41) is 12.1. The third kappa shape index (κ3) is 3.79. The van der Waals surface area contributed by atoms with Gasteiger partial charge in [0.15, 0.2) is 11.8 Å². The van der Waals surface area contributed by atoms with Gasteiger partial charge in [0.1, 0.15) is 5.54 Å². The van der Waals surface area contributed by atoms with Gasteiger partial charge in [0.2, 0.25) is 0 Å². The van der Waals surface area contributed by atoms with Gasteiger partial charge >= 0.3 is 5.97 Å². The van der Waals surface area contributed by atoms with Crippen molar-refractivity contribution in [2.24, 2.45) is 0 Å². The number of hydrogen-bond acceptors (Lipinski definition) is 6. The monoisotopic (exact) mass is 302 g/mol. The number of amides is 1. The van der Waals surface area contributed by atoms with Gasteiger partial charge in [-0.25, -0.2) is 9.78 Å². The van der Waals surface area contributed by atoms with Crippen molar-refractivity contribution in [3.05, 3.63) is 24.3 Å². The first-order chi connectivity index (χ1) is 10.6. The number of nitrogens with one attached hydrogen (secondary N) is 1. The van der Waals surface area contributed by atoms with Crippen molar-refractivity contribution in [3.63, 3.8) is 0 Å². The number of esters is 1. The molecular formula is C15H18N4O3. The van der Waals surface area contributed by atoms with Gasteiger partial charge < -0.3 is 10.1 Å². The molecule has 0 saturated heterocycles. The fraction of sp³-hybridized carbons (Fsp3) is 0.533. The average Bonchev–Trinajstić information content (AvgIpc) is 2.56. The summed E-state index contributed by atoms with van der Waals surface area (Å²) in [4.78, 5) is 31.6. The van der Waals surface area contributed by atoms with Crippen LogP contribution in [-0.2, 0) is 9.53 Å². The molecule has 1 aliphatic carbocycles. The van der Waals surface area contributed by atoms with Gasteiger partial charge in [-0.05, 0) is 19.8 Å². The molecule has 0 bridgehead atoms. The Hall–Kier alpha value is -2.49. The van der Waals surface area contributed by atoms with E-state index in [4.69, 9.17) is 4.74 Å². The van der Waals surface area contributed by atoms with Crippen LogP contribution in [0.2, 0.25) is 0 Å². The average molecular weight is 302 g/mol. The van der Waals surface area contributed by atoms with Crippen LogP contribution in [0.25, 0.3) is 0 Å². The summed E-state index contributed by atoms with van der Waals surface area (Å²) < 4.78 is 5.07. The molecule has 7 nitrogen and oxygen atoms in total. The molecule has 1 heterocycles. The molecule has 0 unspecified atom stereocenters. The van der Waals surface area contributed by atoms with Gasteiger partial charge in [0.05, 0.1) is 12.3 Å². The fourth-order valence-electron chi connectivity index (χ4n) is 2.44. The minimum Gasteiger partial charge on any atom is -0.448 e. The summed E-state index contributed by atoms with van der Waals surface area (Å²) in [6.07, 6.45) is 7.20. The third-order valence-corrected chi connectivity index (χ3v) is 3.71. The Bertz CT molecular complexity index is 576. The minimum atomic E-state index is -0.998. The topological polar surface area (TPSA) is 105 Å². The van der Waals surface area contributed by atoms with Gasteiger partial charge in [-0.15, -0.1) is 0 Å². The molecule has 2 rings (SSSR count). The van der Waals surface area contributed by atoms with Crippen LogP contribution in [0.3, 0.4) is 0 Å². The van der Waals surface area contributed by atoms with Gasteiger partial charge in [0, 0.05) is 12.4 Å². The van der Waals surface area contributed by atoms with Gasteiger partial charge in [-0.1, -0.05) is 19.3 Å². The Morgan fingerprint density at radius 2 is 2.09 bits per heavy atom. The zero-order chi connectivity index (χ0) is 16.0. The Morgan fingerprint density at radius 3 is 2.68 bits per heavy atom. The lowest BCUT2D eigenvalue weighted by molar-refractivity contribution is -0.130. The molecule has 116 valence electrons. The molecule has 1 amide bonds. The molecule has 1 aromatic rings. The second kappa shape index (κ2) is 6.98. The molecule has 0 spiro atoms. The zero-order valence-corrected chi connectivity index (χ0v) is 12.4. The van der Waals surface area contributed by atoms with Gasteiger partial charge in [-0.3, -0.25) is 9.78 Å². The van der Waals surface area contributed by atoms with Crippen molar-refractivity contribution in [2.45, 2.75) is 50.7 Å². The SMILES string of the molecule is C[C@H](OC(=O)c1cnccn1)C(=O)NC1(C#N)CCCCC1. The highest BCUT2D eigenvalue weighted by molar-refractivity contribution is 5.90. The molecule has 1 N–H and O–H groups in total. The Balaban J connectivity index is 1.94. The lowest BCUT2D eigenvalue weighted by Gasteiger charge is -2.32. The number of carbonyl (C=O) groups is 2. The number of carbonyl (C=O) groups excluding carboxylic acids is 2. The highest BCUT2D eigenvalue weighted by Gasteiger charge is 2.35. The van der Waals surface area contributed by atoms with Crippen LogP contribution >= 0.6 is 0 Å². The molecule has 0 aromatic carbocycles. The van der Waals surface area contributed by atoms with Crippen LogP contribution in [0.4, 0.5) is 0 Å². The predicted molar refractivity (Wildman–Crippen MR) is 76.5 cm³/mol. The molecule has 1 aliphatic rings. The maximum absolute atomic E-state index is 12.2. The van der Waals surface area contributed by atoms with Crippen LogP contribution < -0.4 is 5.32 Å². The third-order valence-electron chi connectivity index (χ3n) is 3.71. The molecule has 1 aromatic heterocycles. The summed E-state index contributed by atoms with van der Waals surface area (Å²) in [6.45, 7) is 1.47. The van der Waals surface area contributed by atoms with Crippen molar-refractivity contribution >= 4 is 11.9 Å². The van der Waals surface area contributed by atoms with E-state index in [1.165, 1.54) is 25.5 Å². The maximum Gasteiger partial charge on any atom is 0.359 e. The van der Waals surface area contributed by atoms with Crippen LogP contribution in [0.1, 0.15) is 49.5 Å². The molecule has 7 heteroatoms. The summed E-state index contributed by atoms with van der Waals surface area (Å²) in [7, 11) is 0. The normalized spacial score (nSPS) is 17.8. The summed E-state index contributed by atoms with van der Waals surface area (Å²) in [6, 6.07) is 2.19. The van der Waals surface area contributed by atoms with Crippen molar-refractivity contribution < 1.29 is 14.3 Å². The molecular weight excluding hydrogens is 284 g/mol. The van der Waals surface area contributed by atoms with E-state index in [0.717, 1.165) is 19.3 Å². The number of aromatic nitrogens is 2. The second-order valence-electron chi connectivity index (χ2n) is 5.38. The van der Waals surface area contributed by atoms with Gasteiger partial charge in [-0.2, -0.15) is 5.26 Å². The number of hydrogen-bond donors (Lipinski definition) is 1. The molecule has 1 fully saturated rings.